The number of ether oxygens (including phenoxy) is 3. The molecule has 0 saturated carbocycles. The SMILES string of the molecule is COc1ccc(CO[C@H](CC[Se]c2ccccc2)[C@@H](O)[C@@H](C(=O)N2C(=O)OC[C@H]2Cc2ccccc2)/C(C)=C/CC=C(C)C)cc1. The van der Waals surface area contributed by atoms with Crippen LogP contribution in [0.1, 0.15) is 44.7 Å². The van der Waals surface area contributed by atoms with Gasteiger partial charge in [-0.2, -0.15) is 0 Å². The van der Waals surface area contributed by atoms with Gasteiger partial charge < -0.3 is 0 Å². The van der Waals surface area contributed by atoms with Crippen molar-refractivity contribution in [2.24, 2.45) is 5.92 Å². The molecule has 0 unspecified atom stereocenters. The Kier molecular flexibility index (Phi) is 13.7. The second-order valence-corrected chi connectivity index (χ2v) is 14.2. The van der Waals surface area contributed by atoms with E-state index in [1.807, 2.05) is 99.6 Å². The minimum atomic E-state index is -1.19. The van der Waals surface area contributed by atoms with E-state index >= 15 is 0 Å². The van der Waals surface area contributed by atoms with Gasteiger partial charge in [0.2, 0.25) is 0 Å². The maximum atomic E-state index is 14.4. The molecule has 244 valence electrons. The molecule has 1 fully saturated rings. The molecule has 4 atom stereocenters. The molecule has 1 aliphatic rings. The van der Waals surface area contributed by atoms with Gasteiger partial charge in [0, 0.05) is 0 Å². The maximum absolute atomic E-state index is 14.4. The van der Waals surface area contributed by atoms with Crippen molar-refractivity contribution in [3.05, 3.63) is 119 Å². The number of aliphatic hydroxyl groups is 1. The average Bonchev–Trinajstić information content (AvgIpc) is 3.42. The number of benzene rings is 3. The molecule has 0 bridgehead atoms. The van der Waals surface area contributed by atoms with Gasteiger partial charge in [-0.15, -0.1) is 0 Å². The van der Waals surface area contributed by atoms with E-state index in [1.54, 1.807) is 7.11 Å². The Hall–Kier alpha value is -3.68. The topological polar surface area (TPSA) is 85.3 Å². The molecule has 1 aliphatic heterocycles. The van der Waals surface area contributed by atoms with Crippen LogP contribution < -0.4 is 9.20 Å². The number of methoxy groups -OCH3 is 1. The van der Waals surface area contributed by atoms with Crippen LogP contribution in [0.3, 0.4) is 0 Å². The van der Waals surface area contributed by atoms with Gasteiger partial charge in [0.05, 0.1) is 0 Å². The fraction of sp³-hybridized carbons (Fsp3) is 0.368. The first-order valence-electron chi connectivity index (χ1n) is 15.7. The van der Waals surface area contributed by atoms with Gasteiger partial charge in [-0.25, -0.2) is 0 Å². The van der Waals surface area contributed by atoms with Gasteiger partial charge in [-0.3, -0.25) is 0 Å². The van der Waals surface area contributed by atoms with E-state index in [1.165, 1.54) is 9.36 Å². The van der Waals surface area contributed by atoms with E-state index in [2.05, 4.69) is 18.2 Å². The molecule has 4 rings (SSSR count). The Labute approximate surface area is 279 Å². The van der Waals surface area contributed by atoms with E-state index in [0.29, 0.717) is 24.8 Å². The van der Waals surface area contributed by atoms with Gasteiger partial charge in [0.25, 0.3) is 0 Å². The molecular formula is C38H45NO6Se. The normalized spacial score (nSPS) is 16.8. The summed E-state index contributed by atoms with van der Waals surface area (Å²) in [7, 11) is 1.62. The predicted molar refractivity (Wildman–Crippen MR) is 182 cm³/mol. The molecule has 0 aliphatic carbocycles. The number of cyclic esters (lactones) is 1. The molecule has 46 heavy (non-hydrogen) atoms. The Morgan fingerprint density at radius 1 is 0.978 bits per heavy atom. The molecule has 1 N–H and O–H groups in total. The number of hydrogen-bond acceptors (Lipinski definition) is 6. The van der Waals surface area contributed by atoms with Gasteiger partial charge in [-0.05, 0) is 0 Å². The first-order chi connectivity index (χ1) is 22.3. The van der Waals surface area contributed by atoms with Crippen molar-refractivity contribution < 1.29 is 28.9 Å². The Morgan fingerprint density at radius 3 is 2.30 bits per heavy atom. The molecule has 0 aromatic heterocycles. The van der Waals surface area contributed by atoms with Gasteiger partial charge in [-0.1, -0.05) is 6.07 Å². The molecule has 0 spiro atoms. The van der Waals surface area contributed by atoms with Crippen LogP contribution in [0.15, 0.2) is 108 Å². The fourth-order valence-corrected chi connectivity index (χ4v) is 7.40. The number of rotatable bonds is 16. The summed E-state index contributed by atoms with van der Waals surface area (Å²) in [6, 6.07) is 27.1. The molecule has 3 aromatic carbocycles. The number of imide groups is 1. The van der Waals surface area contributed by atoms with Crippen LogP contribution in [0.4, 0.5) is 4.79 Å². The monoisotopic (exact) mass is 691 g/mol. The molecule has 1 heterocycles. The van der Waals surface area contributed by atoms with Crippen molar-refractivity contribution >= 4 is 31.4 Å². The zero-order valence-corrected chi connectivity index (χ0v) is 28.8. The van der Waals surface area contributed by atoms with Crippen LogP contribution >= 0.6 is 0 Å². The third kappa shape index (κ3) is 10.2. The predicted octanol–water partition coefficient (Wildman–Crippen LogP) is 6.29. The number of carbonyl (C=O) groups excluding carboxylic acids is 2. The summed E-state index contributed by atoms with van der Waals surface area (Å²) in [6.45, 7) is 6.26. The van der Waals surface area contributed by atoms with Crippen LogP contribution in [0.5, 0.6) is 5.75 Å². The van der Waals surface area contributed by atoms with Crippen molar-refractivity contribution in [3.8, 4) is 5.75 Å². The average molecular weight is 691 g/mol. The van der Waals surface area contributed by atoms with Crippen LogP contribution in [0.25, 0.3) is 0 Å². The summed E-state index contributed by atoms with van der Waals surface area (Å²) < 4.78 is 18.4. The van der Waals surface area contributed by atoms with Crippen LogP contribution in [-0.4, -0.2) is 68.9 Å². The second kappa shape index (κ2) is 17.9. The summed E-state index contributed by atoms with van der Waals surface area (Å²) in [5.74, 6) is -0.704. The standard InChI is InChI=1S/C38H45NO6Se/c1-27(2)12-11-13-28(3)35(37(41)39-31(26-45-38(39)42)24-29-14-7-5-8-15-29)36(40)34(22-23-46-33-16-9-6-10-17-33)44-25-30-18-20-32(43-4)21-19-30/h5-10,12-21,31,34-36,40H,11,22-26H2,1-4H3/b28-13+/t31-,34-,35+,36-/m1/s1. The number of amides is 2. The van der Waals surface area contributed by atoms with Crippen molar-refractivity contribution in [2.75, 3.05) is 13.7 Å². The number of nitrogens with zero attached hydrogens (tertiary/aromatic N) is 1. The third-order valence-electron chi connectivity index (χ3n) is 8.00. The van der Waals surface area contributed by atoms with E-state index in [0.717, 1.165) is 27.8 Å². The quantitative estimate of drug-likeness (QED) is 0.141. The van der Waals surface area contributed by atoms with Gasteiger partial charge in [0.1, 0.15) is 0 Å². The molecule has 8 heteroatoms. The molecule has 3 aromatic rings. The van der Waals surface area contributed by atoms with Crippen molar-refractivity contribution in [2.45, 2.75) is 70.2 Å². The van der Waals surface area contributed by atoms with Gasteiger partial charge >= 0.3 is 274 Å². The summed E-state index contributed by atoms with van der Waals surface area (Å²) in [5.41, 5.74) is 3.78. The Balaban J connectivity index is 1.62. The van der Waals surface area contributed by atoms with E-state index in [-0.39, 0.29) is 28.2 Å². The van der Waals surface area contributed by atoms with E-state index in [9.17, 15) is 14.7 Å². The fourth-order valence-electron chi connectivity index (χ4n) is 5.44. The third-order valence-corrected chi connectivity index (χ3v) is 10.2. The number of allylic oxidation sites excluding steroid dienone is 3. The Morgan fingerprint density at radius 2 is 1.65 bits per heavy atom. The van der Waals surface area contributed by atoms with E-state index in [4.69, 9.17) is 14.2 Å². The number of aliphatic hydroxyl groups excluding tert-OH is 1. The first-order valence-corrected chi connectivity index (χ1v) is 17.8. The van der Waals surface area contributed by atoms with Crippen LogP contribution in [0, 0.1) is 5.92 Å². The summed E-state index contributed by atoms with van der Waals surface area (Å²) >= 11 is 0.163. The number of hydrogen-bond donors (Lipinski definition) is 1. The second-order valence-electron chi connectivity index (χ2n) is 11.7. The molecule has 1 saturated heterocycles. The van der Waals surface area contributed by atoms with Crippen LogP contribution in [-0.2, 0) is 27.3 Å². The molecular weight excluding hydrogens is 645 g/mol. The van der Waals surface area contributed by atoms with Gasteiger partial charge in [0.15, 0.2) is 0 Å². The van der Waals surface area contributed by atoms with Crippen molar-refractivity contribution in [3.63, 3.8) is 0 Å². The van der Waals surface area contributed by atoms with Crippen molar-refractivity contribution in [1.82, 2.24) is 4.90 Å². The van der Waals surface area contributed by atoms with Crippen molar-refractivity contribution in [1.29, 1.82) is 0 Å². The van der Waals surface area contributed by atoms with Crippen LogP contribution in [0.2, 0.25) is 5.32 Å². The number of carbonyl (C=O) groups is 2. The first kappa shape index (κ1) is 35.2. The van der Waals surface area contributed by atoms with E-state index < -0.39 is 36.2 Å². The minimum absolute atomic E-state index is 0.111. The Bertz CT molecular complexity index is 1450. The zero-order chi connectivity index (χ0) is 32.9. The summed E-state index contributed by atoms with van der Waals surface area (Å²) in [6.07, 6.45) is 3.14. The summed E-state index contributed by atoms with van der Waals surface area (Å²) in [4.78, 5) is 28.7. The summed E-state index contributed by atoms with van der Waals surface area (Å²) in [5, 5.41) is 12.9. The molecule has 2 amide bonds. The molecule has 7 nitrogen and oxygen atoms in total. The molecule has 0 radical (unpaired) electrons. The zero-order valence-electron chi connectivity index (χ0n) is 27.1.